The predicted octanol–water partition coefficient (Wildman–Crippen LogP) is 4.15. The molecule has 0 heterocycles. The second-order valence-corrected chi connectivity index (χ2v) is 6.16. The van der Waals surface area contributed by atoms with Crippen LogP contribution < -0.4 is 10.1 Å². The first-order chi connectivity index (χ1) is 11.5. The molecule has 0 saturated heterocycles. The molecule has 1 aliphatic rings. The summed E-state index contributed by atoms with van der Waals surface area (Å²) in [6.07, 6.45) is 2.87. The first-order valence-corrected chi connectivity index (χ1v) is 7.99. The van der Waals surface area contributed by atoms with Crippen LogP contribution in [-0.4, -0.2) is 18.0 Å². The number of aryl methyl sites for hydroxylation is 1. The average Bonchev–Trinajstić information content (AvgIpc) is 2.58. The number of phenolic OH excluding ortho intramolecular Hbond substituents is 1. The summed E-state index contributed by atoms with van der Waals surface area (Å²) in [5.74, 6) is 1.21. The van der Waals surface area contributed by atoms with Crippen molar-refractivity contribution < 1.29 is 14.6 Å². The van der Waals surface area contributed by atoms with Crippen LogP contribution in [0.1, 0.15) is 29.9 Å². The second-order valence-electron chi connectivity index (χ2n) is 6.16. The summed E-state index contributed by atoms with van der Waals surface area (Å²) < 4.78 is 5.18. The first-order valence-electron chi connectivity index (χ1n) is 7.99. The molecule has 0 fully saturated rings. The minimum atomic E-state index is 0.0942. The lowest BCUT2D eigenvalue weighted by Crippen LogP contribution is -2.16. The summed E-state index contributed by atoms with van der Waals surface area (Å²) >= 11 is 0. The van der Waals surface area contributed by atoms with Crippen LogP contribution in [0.4, 0.5) is 5.69 Å². The van der Waals surface area contributed by atoms with Gasteiger partial charge in [-0.2, -0.15) is 0 Å². The summed E-state index contributed by atoms with van der Waals surface area (Å²) in [7, 11) is 1.64. The Hall–Kier alpha value is -2.75. The van der Waals surface area contributed by atoms with Crippen molar-refractivity contribution in [1.29, 1.82) is 0 Å². The largest absolute Gasteiger partial charge is 0.506 e. The molecule has 1 atom stereocenters. The summed E-state index contributed by atoms with van der Waals surface area (Å²) in [5, 5.41) is 13.2. The van der Waals surface area contributed by atoms with Crippen molar-refractivity contribution in [2.75, 3.05) is 12.4 Å². The van der Waals surface area contributed by atoms with E-state index < -0.39 is 0 Å². The minimum Gasteiger partial charge on any atom is -0.506 e. The predicted molar refractivity (Wildman–Crippen MR) is 94.5 cm³/mol. The van der Waals surface area contributed by atoms with E-state index in [-0.39, 0.29) is 17.5 Å². The Balaban J connectivity index is 1.79. The van der Waals surface area contributed by atoms with Crippen LogP contribution >= 0.6 is 0 Å². The summed E-state index contributed by atoms with van der Waals surface area (Å²) in [6.45, 7) is 1.96. The van der Waals surface area contributed by atoms with Gasteiger partial charge in [0.15, 0.2) is 5.78 Å². The Labute approximate surface area is 141 Å². The summed E-state index contributed by atoms with van der Waals surface area (Å²) in [5.41, 5.74) is 3.62. The van der Waals surface area contributed by atoms with E-state index in [1.54, 1.807) is 19.3 Å². The van der Waals surface area contributed by atoms with Crippen LogP contribution in [0.2, 0.25) is 0 Å². The average molecular weight is 323 g/mol. The number of ketones is 1. The fourth-order valence-electron chi connectivity index (χ4n) is 3.01. The van der Waals surface area contributed by atoms with Gasteiger partial charge in [0.25, 0.3) is 0 Å². The Morgan fingerprint density at radius 2 is 1.88 bits per heavy atom. The van der Waals surface area contributed by atoms with Crippen LogP contribution in [0.3, 0.4) is 0 Å². The molecule has 4 nitrogen and oxygen atoms in total. The van der Waals surface area contributed by atoms with Gasteiger partial charge in [-0.15, -0.1) is 0 Å². The molecule has 4 heteroatoms. The van der Waals surface area contributed by atoms with E-state index >= 15 is 0 Å². The molecule has 24 heavy (non-hydrogen) atoms. The standard InChI is InChI=1S/C20H21NO3/c1-13-3-8-20(23)19(9-13)21-16-10-15(11-17(22)12-16)14-4-6-18(24-2)7-5-14/h3-9,12,15,21,23H,10-11H2,1-2H3/t15-/m1/s1. The summed E-state index contributed by atoms with van der Waals surface area (Å²) in [6, 6.07) is 13.2. The van der Waals surface area contributed by atoms with Gasteiger partial charge in [-0.25, -0.2) is 0 Å². The maximum atomic E-state index is 12.1. The number of phenols is 1. The Kier molecular flexibility index (Phi) is 4.56. The van der Waals surface area contributed by atoms with E-state index in [1.165, 1.54) is 0 Å². The zero-order valence-corrected chi connectivity index (χ0v) is 13.9. The van der Waals surface area contributed by atoms with Gasteiger partial charge >= 0.3 is 0 Å². The molecule has 0 amide bonds. The van der Waals surface area contributed by atoms with Gasteiger partial charge in [0, 0.05) is 18.2 Å². The van der Waals surface area contributed by atoms with Gasteiger partial charge in [0.2, 0.25) is 0 Å². The van der Waals surface area contributed by atoms with Crippen LogP contribution in [0, 0.1) is 6.92 Å². The normalized spacial score (nSPS) is 17.3. The number of ether oxygens (including phenoxy) is 1. The monoisotopic (exact) mass is 323 g/mol. The van der Waals surface area contributed by atoms with Crippen LogP contribution in [-0.2, 0) is 4.79 Å². The number of methoxy groups -OCH3 is 1. The maximum absolute atomic E-state index is 12.1. The number of hydrogen-bond acceptors (Lipinski definition) is 4. The Bertz CT molecular complexity index is 778. The number of nitrogens with one attached hydrogen (secondary N) is 1. The highest BCUT2D eigenvalue weighted by atomic mass is 16.5. The number of hydrogen-bond donors (Lipinski definition) is 2. The maximum Gasteiger partial charge on any atom is 0.158 e. The molecule has 0 saturated carbocycles. The van der Waals surface area contributed by atoms with E-state index in [1.807, 2.05) is 43.3 Å². The second kappa shape index (κ2) is 6.79. The topological polar surface area (TPSA) is 58.6 Å². The van der Waals surface area contributed by atoms with Gasteiger partial charge in [-0.05, 0) is 54.7 Å². The quantitative estimate of drug-likeness (QED) is 0.830. The molecule has 2 aromatic rings. The van der Waals surface area contributed by atoms with Crippen molar-refractivity contribution >= 4 is 11.5 Å². The third kappa shape index (κ3) is 3.59. The van der Waals surface area contributed by atoms with Crippen molar-refractivity contribution in [3.8, 4) is 11.5 Å². The highest BCUT2D eigenvalue weighted by Crippen LogP contribution is 2.34. The van der Waals surface area contributed by atoms with Gasteiger partial charge in [0.05, 0.1) is 12.8 Å². The number of allylic oxidation sites excluding steroid dienone is 2. The molecular weight excluding hydrogens is 302 g/mol. The number of benzene rings is 2. The van der Waals surface area contributed by atoms with Crippen molar-refractivity contribution in [1.82, 2.24) is 0 Å². The molecule has 0 aliphatic heterocycles. The van der Waals surface area contributed by atoms with Gasteiger partial charge in [-0.3, -0.25) is 4.79 Å². The van der Waals surface area contributed by atoms with Gasteiger partial charge in [0.1, 0.15) is 11.5 Å². The van der Waals surface area contributed by atoms with E-state index in [9.17, 15) is 9.90 Å². The molecule has 0 bridgehead atoms. The highest BCUT2D eigenvalue weighted by molar-refractivity contribution is 5.92. The molecule has 0 radical (unpaired) electrons. The van der Waals surface area contributed by atoms with Gasteiger partial charge in [-0.1, -0.05) is 18.2 Å². The minimum absolute atomic E-state index is 0.0942. The van der Waals surface area contributed by atoms with Crippen molar-refractivity contribution in [3.63, 3.8) is 0 Å². The highest BCUT2D eigenvalue weighted by Gasteiger charge is 2.22. The lowest BCUT2D eigenvalue weighted by molar-refractivity contribution is -0.115. The number of carbonyl (C=O) groups is 1. The Morgan fingerprint density at radius 3 is 2.58 bits per heavy atom. The van der Waals surface area contributed by atoms with Crippen LogP contribution in [0.15, 0.2) is 54.2 Å². The SMILES string of the molecule is COc1ccc([C@H]2CC(=O)C=C(Nc3cc(C)ccc3O)C2)cc1. The van der Waals surface area contributed by atoms with Crippen molar-refractivity contribution in [3.05, 3.63) is 65.4 Å². The molecule has 124 valence electrons. The first kappa shape index (κ1) is 16.1. The van der Waals surface area contributed by atoms with E-state index in [0.717, 1.165) is 29.0 Å². The molecule has 3 rings (SSSR count). The van der Waals surface area contributed by atoms with E-state index in [4.69, 9.17) is 4.74 Å². The fourth-order valence-corrected chi connectivity index (χ4v) is 3.01. The lowest BCUT2D eigenvalue weighted by atomic mass is 9.85. The molecular formula is C20H21NO3. The number of aromatic hydroxyl groups is 1. The smallest absolute Gasteiger partial charge is 0.158 e. The molecule has 2 N–H and O–H groups in total. The van der Waals surface area contributed by atoms with Crippen LogP contribution in [0.5, 0.6) is 11.5 Å². The fraction of sp³-hybridized carbons (Fsp3) is 0.250. The lowest BCUT2D eigenvalue weighted by Gasteiger charge is -2.24. The molecule has 1 aliphatic carbocycles. The van der Waals surface area contributed by atoms with Crippen molar-refractivity contribution in [2.45, 2.75) is 25.7 Å². The summed E-state index contributed by atoms with van der Waals surface area (Å²) in [4.78, 5) is 12.1. The molecule has 2 aromatic carbocycles. The molecule has 0 unspecified atom stereocenters. The Morgan fingerprint density at radius 1 is 1.12 bits per heavy atom. The molecule has 0 aromatic heterocycles. The number of anilines is 1. The number of rotatable bonds is 4. The molecule has 0 spiro atoms. The third-order valence-electron chi connectivity index (χ3n) is 4.28. The van der Waals surface area contributed by atoms with E-state index in [0.29, 0.717) is 12.1 Å². The van der Waals surface area contributed by atoms with Gasteiger partial charge < -0.3 is 15.2 Å². The van der Waals surface area contributed by atoms with Crippen LogP contribution in [0.25, 0.3) is 0 Å². The zero-order valence-electron chi connectivity index (χ0n) is 13.9. The van der Waals surface area contributed by atoms with Crippen molar-refractivity contribution in [2.24, 2.45) is 0 Å². The number of carbonyl (C=O) groups excluding carboxylic acids is 1. The third-order valence-corrected chi connectivity index (χ3v) is 4.28. The van der Waals surface area contributed by atoms with E-state index in [2.05, 4.69) is 5.32 Å². The zero-order chi connectivity index (χ0) is 17.1.